The van der Waals surface area contributed by atoms with E-state index >= 15 is 0 Å². The number of aryl methyl sites for hydroxylation is 3. The van der Waals surface area contributed by atoms with Crippen LogP contribution >= 0.6 is 11.3 Å². The van der Waals surface area contributed by atoms with Crippen molar-refractivity contribution < 1.29 is 4.79 Å². The van der Waals surface area contributed by atoms with Gasteiger partial charge in [0.1, 0.15) is 0 Å². The second-order valence-corrected chi connectivity index (χ2v) is 6.00. The highest BCUT2D eigenvalue weighted by Crippen LogP contribution is 2.14. The molecule has 0 atom stereocenters. The van der Waals surface area contributed by atoms with Crippen molar-refractivity contribution in [1.29, 1.82) is 0 Å². The largest absolute Gasteiger partial charge is 0.307 e. The predicted molar refractivity (Wildman–Crippen MR) is 78.3 cm³/mol. The molecule has 0 saturated heterocycles. The van der Waals surface area contributed by atoms with Crippen molar-refractivity contribution >= 4 is 17.1 Å². The highest BCUT2D eigenvalue weighted by Gasteiger charge is 2.14. The molecule has 100 valence electrons. The van der Waals surface area contributed by atoms with Gasteiger partial charge < -0.3 is 0 Å². The number of aromatic nitrogens is 1. The van der Waals surface area contributed by atoms with Gasteiger partial charge in [0.2, 0.25) is 0 Å². The molecule has 0 spiro atoms. The lowest BCUT2D eigenvalue weighted by molar-refractivity contribution is 0.0970. The normalized spacial score (nSPS) is 10.7. The van der Waals surface area contributed by atoms with Crippen LogP contribution in [0.3, 0.4) is 0 Å². The molecular weight excluding hydrogens is 258 g/mol. The van der Waals surface area contributed by atoms with E-state index in [1.807, 2.05) is 45.9 Å². The molecule has 2 aromatic rings. The van der Waals surface area contributed by atoms with Crippen molar-refractivity contribution in [2.45, 2.75) is 34.2 Å². The molecule has 1 heterocycles. The molecule has 0 amide bonds. The van der Waals surface area contributed by atoms with E-state index in [1.54, 1.807) is 4.57 Å². The summed E-state index contributed by atoms with van der Waals surface area (Å²) < 4.78 is 1.56. The SMILES string of the molecule is Cc1ccc(C)c(C(=O)Cn2c(C)c(C)sc2=O)c1. The van der Waals surface area contributed by atoms with Gasteiger partial charge in [-0.2, -0.15) is 0 Å². The monoisotopic (exact) mass is 275 g/mol. The molecule has 19 heavy (non-hydrogen) atoms. The number of Topliss-reactive ketones (excluding diaryl/α,β-unsaturated/α-hetero) is 1. The summed E-state index contributed by atoms with van der Waals surface area (Å²) in [5.41, 5.74) is 3.59. The molecule has 1 aromatic heterocycles. The minimum Gasteiger partial charge on any atom is -0.295 e. The number of ketones is 1. The minimum absolute atomic E-state index is 0.01000. The van der Waals surface area contributed by atoms with Crippen molar-refractivity contribution in [1.82, 2.24) is 4.57 Å². The zero-order chi connectivity index (χ0) is 14.2. The number of hydrogen-bond acceptors (Lipinski definition) is 3. The third-order valence-corrected chi connectivity index (χ3v) is 4.37. The Morgan fingerprint density at radius 1 is 1.21 bits per heavy atom. The maximum absolute atomic E-state index is 12.3. The molecule has 0 bridgehead atoms. The topological polar surface area (TPSA) is 39.1 Å². The Hall–Kier alpha value is -1.68. The number of thiazole rings is 1. The van der Waals surface area contributed by atoms with Gasteiger partial charge in [-0.05, 0) is 39.3 Å². The zero-order valence-corrected chi connectivity index (χ0v) is 12.4. The van der Waals surface area contributed by atoms with E-state index in [0.29, 0.717) is 5.56 Å². The Morgan fingerprint density at radius 2 is 1.89 bits per heavy atom. The van der Waals surface area contributed by atoms with Gasteiger partial charge in [0.05, 0.1) is 6.54 Å². The van der Waals surface area contributed by atoms with Crippen LogP contribution in [0.5, 0.6) is 0 Å². The van der Waals surface area contributed by atoms with Crippen LogP contribution < -0.4 is 4.87 Å². The first kappa shape index (κ1) is 13.7. The number of carbonyl (C=O) groups is 1. The molecule has 0 aliphatic rings. The molecular formula is C15H17NO2S. The second-order valence-electron chi connectivity index (χ2n) is 4.84. The minimum atomic E-state index is -0.0614. The number of rotatable bonds is 3. The molecule has 4 heteroatoms. The summed E-state index contributed by atoms with van der Waals surface area (Å²) in [6.07, 6.45) is 0. The van der Waals surface area contributed by atoms with E-state index in [9.17, 15) is 9.59 Å². The third kappa shape index (κ3) is 2.68. The lowest BCUT2D eigenvalue weighted by atomic mass is 10.0. The van der Waals surface area contributed by atoms with E-state index < -0.39 is 0 Å². The van der Waals surface area contributed by atoms with E-state index in [4.69, 9.17) is 0 Å². The second kappa shape index (κ2) is 5.13. The first-order valence-electron chi connectivity index (χ1n) is 6.17. The van der Waals surface area contributed by atoms with Crippen molar-refractivity contribution in [3.63, 3.8) is 0 Å². The molecule has 0 saturated carbocycles. The van der Waals surface area contributed by atoms with Crippen LogP contribution in [-0.2, 0) is 6.54 Å². The fourth-order valence-electron chi connectivity index (χ4n) is 2.04. The smallest absolute Gasteiger partial charge is 0.295 e. The molecule has 1 aromatic carbocycles. The summed E-state index contributed by atoms with van der Waals surface area (Å²) >= 11 is 1.20. The van der Waals surface area contributed by atoms with Crippen LogP contribution in [0, 0.1) is 27.7 Å². The number of carbonyl (C=O) groups excluding carboxylic acids is 1. The maximum atomic E-state index is 12.3. The summed E-state index contributed by atoms with van der Waals surface area (Å²) in [7, 11) is 0. The third-order valence-electron chi connectivity index (χ3n) is 3.37. The molecule has 0 unspecified atom stereocenters. The average molecular weight is 275 g/mol. The van der Waals surface area contributed by atoms with Crippen molar-refractivity contribution in [2.24, 2.45) is 0 Å². The Kier molecular flexibility index (Phi) is 3.71. The van der Waals surface area contributed by atoms with Crippen LogP contribution in [0.15, 0.2) is 23.0 Å². The van der Waals surface area contributed by atoms with Gasteiger partial charge in [0.15, 0.2) is 5.78 Å². The highest BCUT2D eigenvalue weighted by atomic mass is 32.1. The molecule has 2 rings (SSSR count). The summed E-state index contributed by atoms with van der Waals surface area (Å²) in [6.45, 7) is 7.78. The Bertz CT molecular complexity index is 695. The van der Waals surface area contributed by atoms with E-state index in [1.165, 1.54) is 11.3 Å². The Morgan fingerprint density at radius 3 is 2.47 bits per heavy atom. The van der Waals surface area contributed by atoms with Crippen molar-refractivity contribution in [3.05, 3.63) is 55.1 Å². The van der Waals surface area contributed by atoms with Crippen molar-refractivity contribution in [2.75, 3.05) is 0 Å². The quantitative estimate of drug-likeness (QED) is 0.808. The van der Waals surface area contributed by atoms with Gasteiger partial charge in [-0.1, -0.05) is 29.0 Å². The molecule has 0 fully saturated rings. The average Bonchev–Trinajstić information content (AvgIpc) is 2.59. The van der Waals surface area contributed by atoms with Crippen LogP contribution in [0.2, 0.25) is 0 Å². The summed E-state index contributed by atoms with van der Waals surface area (Å²) in [4.78, 5) is 25.1. The molecule has 0 N–H and O–H groups in total. The van der Waals surface area contributed by atoms with Gasteiger partial charge in [0, 0.05) is 16.1 Å². The fraction of sp³-hybridized carbons (Fsp3) is 0.333. The van der Waals surface area contributed by atoms with Gasteiger partial charge in [-0.25, -0.2) is 0 Å². The number of benzene rings is 1. The lowest BCUT2D eigenvalue weighted by Gasteiger charge is -2.08. The summed E-state index contributed by atoms with van der Waals surface area (Å²) in [6, 6.07) is 5.81. The molecule has 0 aliphatic carbocycles. The Balaban J connectivity index is 2.36. The van der Waals surface area contributed by atoms with Crippen LogP contribution in [0.25, 0.3) is 0 Å². The first-order chi connectivity index (χ1) is 8.90. The van der Waals surface area contributed by atoms with Crippen LogP contribution in [0.4, 0.5) is 0 Å². The number of nitrogens with zero attached hydrogens (tertiary/aromatic N) is 1. The van der Waals surface area contributed by atoms with Crippen molar-refractivity contribution in [3.8, 4) is 0 Å². The number of hydrogen-bond donors (Lipinski definition) is 0. The fourth-order valence-corrected chi connectivity index (χ4v) is 2.87. The van der Waals surface area contributed by atoms with Gasteiger partial charge >= 0.3 is 4.87 Å². The summed E-state index contributed by atoms with van der Waals surface area (Å²) in [5, 5.41) is 0. The standard InChI is InChI=1S/C15H17NO2S/c1-9-5-6-10(2)13(7-9)14(17)8-16-11(3)12(4)19-15(16)18/h5-7H,8H2,1-4H3. The van der Waals surface area contributed by atoms with E-state index in [-0.39, 0.29) is 17.2 Å². The van der Waals surface area contributed by atoms with Gasteiger partial charge in [-0.3, -0.25) is 14.2 Å². The zero-order valence-electron chi connectivity index (χ0n) is 11.6. The van der Waals surface area contributed by atoms with E-state index in [2.05, 4.69) is 0 Å². The maximum Gasteiger partial charge on any atom is 0.307 e. The van der Waals surface area contributed by atoms with Crippen LogP contribution in [0.1, 0.15) is 32.1 Å². The van der Waals surface area contributed by atoms with Gasteiger partial charge in [0.25, 0.3) is 0 Å². The summed E-state index contributed by atoms with van der Waals surface area (Å²) in [5.74, 6) is -0.01000. The Labute approximate surface area is 116 Å². The molecule has 0 aliphatic heterocycles. The van der Waals surface area contributed by atoms with Gasteiger partial charge in [-0.15, -0.1) is 0 Å². The lowest BCUT2D eigenvalue weighted by Crippen LogP contribution is -2.21. The van der Waals surface area contributed by atoms with Crippen LogP contribution in [-0.4, -0.2) is 10.4 Å². The molecule has 3 nitrogen and oxygen atoms in total. The predicted octanol–water partition coefficient (Wildman–Crippen LogP) is 3.03. The van der Waals surface area contributed by atoms with E-state index in [0.717, 1.165) is 21.7 Å². The highest BCUT2D eigenvalue weighted by molar-refractivity contribution is 7.09. The first-order valence-corrected chi connectivity index (χ1v) is 6.99. The molecule has 0 radical (unpaired) electrons.